The number of nitrogens with one attached hydrogen (secondary N) is 1. The molecule has 1 fully saturated rings. The van der Waals surface area contributed by atoms with Gasteiger partial charge in [0.05, 0.1) is 10.5 Å². The number of rotatable bonds is 4. The number of amides is 1. The van der Waals surface area contributed by atoms with Gasteiger partial charge in [0, 0.05) is 44.5 Å². The maximum atomic E-state index is 12.7. The third-order valence-electron chi connectivity index (χ3n) is 4.55. The first-order chi connectivity index (χ1) is 12.5. The Morgan fingerprint density at radius 2 is 2.04 bits per heavy atom. The molecule has 0 aliphatic carbocycles. The standard InChI is InChI=1S/C18H20N4O4/c1-13-11-20(12-14-5-3-2-4-6-14)7-8-21(13)18(24)15-9-16(22(25)26)17(23)19-10-15/h2-6,9-10,13H,7-8,11-12H2,1H3,(H,19,23)/t13-/m1/s1. The minimum absolute atomic E-state index is 0.0362. The van der Waals surface area contributed by atoms with E-state index in [9.17, 15) is 19.7 Å². The van der Waals surface area contributed by atoms with Crippen molar-refractivity contribution < 1.29 is 9.72 Å². The van der Waals surface area contributed by atoms with Crippen LogP contribution >= 0.6 is 0 Å². The summed E-state index contributed by atoms with van der Waals surface area (Å²) < 4.78 is 0. The Hall–Kier alpha value is -3.00. The highest BCUT2D eigenvalue weighted by Crippen LogP contribution is 2.17. The predicted molar refractivity (Wildman–Crippen MR) is 95.9 cm³/mol. The van der Waals surface area contributed by atoms with E-state index >= 15 is 0 Å². The van der Waals surface area contributed by atoms with Gasteiger partial charge in [-0.15, -0.1) is 0 Å². The lowest BCUT2D eigenvalue weighted by Gasteiger charge is -2.40. The normalized spacial score (nSPS) is 17.9. The average Bonchev–Trinajstić information content (AvgIpc) is 2.62. The fraction of sp³-hybridized carbons (Fsp3) is 0.333. The van der Waals surface area contributed by atoms with Crippen LogP contribution in [0.2, 0.25) is 0 Å². The van der Waals surface area contributed by atoms with Crippen LogP contribution in [0.25, 0.3) is 0 Å². The van der Waals surface area contributed by atoms with E-state index in [4.69, 9.17) is 0 Å². The summed E-state index contributed by atoms with van der Waals surface area (Å²) in [4.78, 5) is 40.6. The number of aromatic nitrogens is 1. The van der Waals surface area contributed by atoms with Crippen LogP contribution in [0.1, 0.15) is 22.8 Å². The van der Waals surface area contributed by atoms with Gasteiger partial charge in [-0.25, -0.2) is 0 Å². The monoisotopic (exact) mass is 356 g/mol. The Labute approximate surface area is 150 Å². The molecule has 2 heterocycles. The molecule has 1 atom stereocenters. The highest BCUT2D eigenvalue weighted by molar-refractivity contribution is 5.94. The van der Waals surface area contributed by atoms with Gasteiger partial charge in [-0.3, -0.25) is 24.6 Å². The van der Waals surface area contributed by atoms with Crippen molar-refractivity contribution in [1.82, 2.24) is 14.8 Å². The number of nitrogens with zero attached hydrogens (tertiary/aromatic N) is 3. The topological polar surface area (TPSA) is 99.6 Å². The smallest absolute Gasteiger partial charge is 0.333 e. The molecule has 1 saturated heterocycles. The van der Waals surface area contributed by atoms with E-state index in [1.165, 1.54) is 11.8 Å². The number of pyridine rings is 1. The number of carbonyl (C=O) groups is 1. The summed E-state index contributed by atoms with van der Waals surface area (Å²) >= 11 is 0. The minimum atomic E-state index is -0.813. The van der Waals surface area contributed by atoms with Crippen LogP contribution in [0.4, 0.5) is 5.69 Å². The van der Waals surface area contributed by atoms with Crippen LogP contribution in [0.3, 0.4) is 0 Å². The minimum Gasteiger partial charge on any atom is -0.333 e. The van der Waals surface area contributed by atoms with Crippen LogP contribution in [-0.2, 0) is 6.54 Å². The van der Waals surface area contributed by atoms with Gasteiger partial charge in [0.1, 0.15) is 0 Å². The molecule has 0 radical (unpaired) electrons. The first-order valence-corrected chi connectivity index (χ1v) is 8.40. The number of hydrogen-bond acceptors (Lipinski definition) is 5. The second-order valence-electron chi connectivity index (χ2n) is 6.43. The van der Waals surface area contributed by atoms with E-state index < -0.39 is 16.2 Å². The number of nitro groups is 1. The molecule has 8 heteroatoms. The molecule has 0 bridgehead atoms. The van der Waals surface area contributed by atoms with Crippen molar-refractivity contribution in [3.63, 3.8) is 0 Å². The molecule has 1 aliphatic heterocycles. The van der Waals surface area contributed by atoms with Crippen LogP contribution in [0, 0.1) is 10.1 Å². The molecule has 2 aromatic rings. The zero-order chi connectivity index (χ0) is 18.7. The Morgan fingerprint density at radius 3 is 2.69 bits per heavy atom. The highest BCUT2D eigenvalue weighted by Gasteiger charge is 2.29. The van der Waals surface area contributed by atoms with Crippen LogP contribution in [-0.4, -0.2) is 51.3 Å². The summed E-state index contributed by atoms with van der Waals surface area (Å²) in [7, 11) is 0. The van der Waals surface area contributed by atoms with Gasteiger partial charge in [-0.1, -0.05) is 30.3 Å². The number of benzene rings is 1. The van der Waals surface area contributed by atoms with E-state index in [1.54, 1.807) is 4.90 Å². The average molecular weight is 356 g/mol. The highest BCUT2D eigenvalue weighted by atomic mass is 16.6. The molecule has 8 nitrogen and oxygen atoms in total. The molecule has 26 heavy (non-hydrogen) atoms. The largest absolute Gasteiger partial charge is 0.334 e. The van der Waals surface area contributed by atoms with E-state index in [0.717, 1.165) is 19.2 Å². The summed E-state index contributed by atoms with van der Waals surface area (Å²) in [6.07, 6.45) is 1.24. The summed E-state index contributed by atoms with van der Waals surface area (Å²) in [5.41, 5.74) is -0.0890. The zero-order valence-electron chi connectivity index (χ0n) is 14.4. The number of piperazine rings is 1. The van der Waals surface area contributed by atoms with Crippen molar-refractivity contribution in [3.8, 4) is 0 Å². The van der Waals surface area contributed by atoms with Gasteiger partial charge < -0.3 is 9.88 Å². The van der Waals surface area contributed by atoms with Crippen molar-refractivity contribution in [3.05, 3.63) is 74.2 Å². The zero-order valence-corrected chi connectivity index (χ0v) is 14.4. The number of aromatic amines is 1. The van der Waals surface area contributed by atoms with Crippen LogP contribution in [0.15, 0.2) is 47.4 Å². The molecule has 0 saturated carbocycles. The lowest BCUT2D eigenvalue weighted by atomic mass is 10.1. The SMILES string of the molecule is C[C@@H]1CN(Cc2ccccc2)CCN1C(=O)c1c[nH]c(=O)c([N+](=O)[O-])c1. The molecule has 3 rings (SSSR count). The summed E-state index contributed by atoms with van der Waals surface area (Å²) in [6, 6.07) is 11.1. The van der Waals surface area contributed by atoms with Crippen LogP contribution in [0.5, 0.6) is 0 Å². The lowest BCUT2D eigenvalue weighted by molar-refractivity contribution is -0.386. The van der Waals surface area contributed by atoms with Gasteiger partial charge in [-0.2, -0.15) is 0 Å². The van der Waals surface area contributed by atoms with Crippen molar-refractivity contribution >= 4 is 11.6 Å². The Balaban J connectivity index is 1.69. The fourth-order valence-corrected chi connectivity index (χ4v) is 3.22. The van der Waals surface area contributed by atoms with Crippen molar-refractivity contribution in [2.24, 2.45) is 0 Å². The first-order valence-electron chi connectivity index (χ1n) is 8.40. The maximum absolute atomic E-state index is 12.7. The van der Waals surface area contributed by atoms with Crippen molar-refractivity contribution in [1.29, 1.82) is 0 Å². The molecule has 1 aromatic heterocycles. The molecule has 1 aliphatic rings. The molecule has 1 aromatic carbocycles. The van der Waals surface area contributed by atoms with E-state index in [-0.39, 0.29) is 17.5 Å². The van der Waals surface area contributed by atoms with Crippen molar-refractivity contribution in [2.45, 2.75) is 19.5 Å². The third-order valence-corrected chi connectivity index (χ3v) is 4.55. The number of carbonyl (C=O) groups excluding carboxylic acids is 1. The quantitative estimate of drug-likeness (QED) is 0.663. The molecule has 0 unspecified atom stereocenters. The van der Waals surface area contributed by atoms with Gasteiger partial charge in [0.25, 0.3) is 5.91 Å². The Morgan fingerprint density at radius 1 is 1.31 bits per heavy atom. The second-order valence-corrected chi connectivity index (χ2v) is 6.43. The maximum Gasteiger partial charge on any atom is 0.334 e. The summed E-state index contributed by atoms with van der Waals surface area (Å²) in [5, 5.41) is 10.9. The lowest BCUT2D eigenvalue weighted by Crippen LogP contribution is -2.53. The van der Waals surface area contributed by atoms with Gasteiger partial charge in [0.2, 0.25) is 0 Å². The Kier molecular flexibility index (Phi) is 5.13. The number of H-pyrrole nitrogens is 1. The van der Waals surface area contributed by atoms with Gasteiger partial charge >= 0.3 is 11.2 Å². The first kappa shape index (κ1) is 17.8. The molecule has 1 amide bonds. The molecule has 0 spiro atoms. The van der Waals surface area contributed by atoms with E-state index in [1.807, 2.05) is 25.1 Å². The van der Waals surface area contributed by atoms with Gasteiger partial charge in [0.15, 0.2) is 0 Å². The summed E-state index contributed by atoms with van der Waals surface area (Å²) in [6.45, 7) is 4.73. The van der Waals surface area contributed by atoms with Crippen molar-refractivity contribution in [2.75, 3.05) is 19.6 Å². The van der Waals surface area contributed by atoms with Crippen LogP contribution < -0.4 is 5.56 Å². The predicted octanol–water partition coefficient (Wildman–Crippen LogP) is 1.63. The molecule has 1 N–H and O–H groups in total. The molecular formula is C18H20N4O4. The second kappa shape index (κ2) is 7.49. The summed E-state index contributed by atoms with van der Waals surface area (Å²) in [5.74, 6) is -0.309. The molecular weight excluding hydrogens is 336 g/mol. The van der Waals surface area contributed by atoms with E-state index in [2.05, 4.69) is 22.0 Å². The van der Waals surface area contributed by atoms with Gasteiger partial charge in [-0.05, 0) is 12.5 Å². The van der Waals surface area contributed by atoms with E-state index in [0.29, 0.717) is 13.1 Å². The molecule has 136 valence electrons. The number of hydrogen-bond donors (Lipinski definition) is 1. The third kappa shape index (κ3) is 3.80. The Bertz CT molecular complexity index is 865. The fourth-order valence-electron chi connectivity index (χ4n) is 3.22.